The van der Waals surface area contributed by atoms with Crippen LogP contribution in [0.3, 0.4) is 0 Å². The van der Waals surface area contributed by atoms with Gasteiger partial charge in [-0.2, -0.15) is 0 Å². The Morgan fingerprint density at radius 2 is 1.44 bits per heavy atom. The first-order chi connectivity index (χ1) is 15.5. The highest BCUT2D eigenvalue weighted by Gasteiger charge is 2.29. The number of hydrogen-bond acceptors (Lipinski definition) is 5. The minimum atomic E-state index is -2.98. The highest BCUT2D eigenvalue weighted by Crippen LogP contribution is 2.39. The molecular formula is C26H27O5P. The van der Waals surface area contributed by atoms with E-state index in [1.54, 1.807) is 54.6 Å². The Kier molecular flexibility index (Phi) is 7.66. The topological polar surface area (TPSA) is 69.7 Å². The van der Waals surface area contributed by atoms with Gasteiger partial charge in [0.05, 0.1) is 14.2 Å². The summed E-state index contributed by atoms with van der Waals surface area (Å²) in [5.74, 6) is 0.462. The molecule has 6 heteroatoms. The quantitative estimate of drug-likeness (QED) is 0.336. The lowest BCUT2D eigenvalue weighted by molar-refractivity contribution is 0.103. The smallest absolute Gasteiger partial charge is 0.230 e. The van der Waals surface area contributed by atoms with E-state index in [2.05, 4.69) is 0 Å². The Balaban J connectivity index is 2.18. The molecule has 0 N–H and O–H groups in total. The second-order valence-electron chi connectivity index (χ2n) is 7.22. The number of benzene rings is 3. The standard InChI is InChI=1S/C26H27O5P/c1-5-17-15-16-20(24(27)18-11-8-7-9-12-18)19(6-2)25(17)32(29)26(28)23-21(30-3)13-10-14-22(23)31-4/h7-16,32H,5-6H2,1-4H3. The highest BCUT2D eigenvalue weighted by molar-refractivity contribution is 7.71. The maximum Gasteiger partial charge on any atom is 0.230 e. The zero-order valence-corrected chi connectivity index (χ0v) is 19.7. The van der Waals surface area contributed by atoms with Crippen LogP contribution in [0.25, 0.3) is 0 Å². The summed E-state index contributed by atoms with van der Waals surface area (Å²) in [5.41, 5.74) is 2.10. The predicted molar refractivity (Wildman–Crippen MR) is 128 cm³/mol. The van der Waals surface area contributed by atoms with Gasteiger partial charge in [0.15, 0.2) is 13.6 Å². The molecule has 0 aliphatic rings. The minimum absolute atomic E-state index is 0.150. The van der Waals surface area contributed by atoms with Crippen molar-refractivity contribution in [2.45, 2.75) is 26.7 Å². The molecule has 5 nitrogen and oxygen atoms in total. The van der Waals surface area contributed by atoms with Crippen molar-refractivity contribution in [1.29, 1.82) is 0 Å². The lowest BCUT2D eigenvalue weighted by atomic mass is 9.94. The van der Waals surface area contributed by atoms with Gasteiger partial charge in [-0.25, -0.2) is 0 Å². The van der Waals surface area contributed by atoms with Crippen LogP contribution >= 0.6 is 7.80 Å². The van der Waals surface area contributed by atoms with Gasteiger partial charge in [-0.15, -0.1) is 0 Å². The fraction of sp³-hybridized carbons (Fsp3) is 0.231. The highest BCUT2D eigenvalue weighted by atomic mass is 31.1. The van der Waals surface area contributed by atoms with Crippen LogP contribution in [0, 0.1) is 0 Å². The zero-order chi connectivity index (χ0) is 23.3. The van der Waals surface area contributed by atoms with Gasteiger partial charge < -0.3 is 14.0 Å². The van der Waals surface area contributed by atoms with Crippen LogP contribution in [0.5, 0.6) is 11.5 Å². The molecule has 166 valence electrons. The molecule has 0 aliphatic carbocycles. The first-order valence-corrected chi connectivity index (χ1v) is 11.9. The fourth-order valence-corrected chi connectivity index (χ4v) is 5.74. The van der Waals surface area contributed by atoms with Crippen molar-refractivity contribution < 1.29 is 23.6 Å². The molecule has 0 saturated carbocycles. The lowest BCUT2D eigenvalue weighted by Gasteiger charge is -2.18. The number of rotatable bonds is 9. The molecule has 0 radical (unpaired) electrons. The number of aryl methyl sites for hydroxylation is 1. The third kappa shape index (κ3) is 4.39. The van der Waals surface area contributed by atoms with E-state index in [1.165, 1.54) is 14.2 Å². The second-order valence-corrected chi connectivity index (χ2v) is 8.84. The van der Waals surface area contributed by atoms with Crippen LogP contribution in [-0.4, -0.2) is 25.5 Å². The minimum Gasteiger partial charge on any atom is -0.496 e. The van der Waals surface area contributed by atoms with Crippen LogP contribution in [0.4, 0.5) is 0 Å². The third-order valence-electron chi connectivity index (χ3n) is 5.50. The van der Waals surface area contributed by atoms with E-state index in [0.717, 1.165) is 5.56 Å². The van der Waals surface area contributed by atoms with Gasteiger partial charge in [-0.1, -0.05) is 62.4 Å². The Hall–Kier alpha value is -3.17. The van der Waals surface area contributed by atoms with E-state index in [1.807, 2.05) is 19.9 Å². The van der Waals surface area contributed by atoms with Gasteiger partial charge in [-0.05, 0) is 36.1 Å². The van der Waals surface area contributed by atoms with E-state index in [0.29, 0.717) is 46.3 Å². The van der Waals surface area contributed by atoms with Crippen molar-refractivity contribution in [3.63, 3.8) is 0 Å². The van der Waals surface area contributed by atoms with Crippen molar-refractivity contribution in [3.05, 3.63) is 88.5 Å². The largest absolute Gasteiger partial charge is 0.496 e. The molecule has 3 aromatic carbocycles. The molecule has 0 bridgehead atoms. The molecule has 0 amide bonds. The first-order valence-electron chi connectivity index (χ1n) is 10.5. The Bertz CT molecular complexity index is 1150. The summed E-state index contributed by atoms with van der Waals surface area (Å²) in [6.45, 7) is 3.85. The SMILES string of the molecule is CCc1ccc(C(=O)c2ccccc2)c(CC)c1[PH](=O)C(=O)c1c(OC)cccc1OC. The Labute approximate surface area is 189 Å². The maximum absolute atomic E-state index is 13.8. The molecular weight excluding hydrogens is 423 g/mol. The van der Waals surface area contributed by atoms with Gasteiger partial charge >= 0.3 is 0 Å². The molecule has 0 heterocycles. The zero-order valence-electron chi connectivity index (χ0n) is 18.7. The molecule has 3 aromatic rings. The predicted octanol–water partition coefficient (Wildman–Crippen LogP) is 5.09. The summed E-state index contributed by atoms with van der Waals surface area (Å²) < 4.78 is 24.5. The molecule has 3 rings (SSSR count). The molecule has 0 aliphatic heterocycles. The number of methoxy groups -OCH3 is 2. The average Bonchev–Trinajstić information content (AvgIpc) is 2.86. The molecule has 1 atom stereocenters. The van der Waals surface area contributed by atoms with Crippen LogP contribution in [-0.2, 0) is 17.4 Å². The van der Waals surface area contributed by atoms with Crippen molar-refractivity contribution in [2.75, 3.05) is 14.2 Å². The number of ether oxygens (including phenoxy) is 2. The van der Waals surface area contributed by atoms with Gasteiger partial charge in [0.2, 0.25) is 5.52 Å². The van der Waals surface area contributed by atoms with E-state index in [9.17, 15) is 14.2 Å². The van der Waals surface area contributed by atoms with Crippen LogP contribution in [0.15, 0.2) is 60.7 Å². The van der Waals surface area contributed by atoms with Gasteiger partial charge in [0.1, 0.15) is 17.1 Å². The first kappa shape index (κ1) is 23.5. The molecule has 0 saturated heterocycles. The normalized spacial score (nSPS) is 11.6. The van der Waals surface area contributed by atoms with Crippen molar-refractivity contribution in [2.24, 2.45) is 0 Å². The summed E-state index contributed by atoms with van der Waals surface area (Å²) >= 11 is 0. The number of carbonyl (C=O) groups excluding carboxylic acids is 2. The number of hydrogen-bond donors (Lipinski definition) is 0. The van der Waals surface area contributed by atoms with Crippen LogP contribution < -0.4 is 14.8 Å². The number of ketones is 1. The monoisotopic (exact) mass is 450 g/mol. The lowest BCUT2D eigenvalue weighted by Crippen LogP contribution is -2.20. The van der Waals surface area contributed by atoms with E-state index in [-0.39, 0.29) is 11.3 Å². The van der Waals surface area contributed by atoms with Crippen molar-refractivity contribution in [3.8, 4) is 11.5 Å². The molecule has 0 spiro atoms. The van der Waals surface area contributed by atoms with Gasteiger partial charge in [0, 0.05) is 16.4 Å². The molecule has 0 aromatic heterocycles. The summed E-state index contributed by atoms with van der Waals surface area (Å²) in [6.07, 6.45) is 1.07. The fourth-order valence-electron chi connectivity index (χ4n) is 3.90. The summed E-state index contributed by atoms with van der Waals surface area (Å²) in [7, 11) is -0.0719. The summed E-state index contributed by atoms with van der Waals surface area (Å²) in [5, 5.41) is 0.472. The number of carbonyl (C=O) groups is 2. The van der Waals surface area contributed by atoms with E-state index < -0.39 is 13.3 Å². The Morgan fingerprint density at radius 3 is 1.97 bits per heavy atom. The van der Waals surface area contributed by atoms with Crippen LogP contribution in [0.1, 0.15) is 51.3 Å². The molecule has 1 unspecified atom stereocenters. The van der Waals surface area contributed by atoms with Crippen molar-refractivity contribution >= 4 is 24.4 Å². The van der Waals surface area contributed by atoms with Gasteiger partial charge in [0.25, 0.3) is 0 Å². The molecule has 0 fully saturated rings. The molecule has 32 heavy (non-hydrogen) atoms. The Morgan fingerprint density at radius 1 is 0.812 bits per heavy atom. The van der Waals surface area contributed by atoms with Crippen LogP contribution in [0.2, 0.25) is 0 Å². The average molecular weight is 450 g/mol. The summed E-state index contributed by atoms with van der Waals surface area (Å²) in [4.78, 5) is 26.7. The van der Waals surface area contributed by atoms with Gasteiger partial charge in [-0.3, -0.25) is 9.59 Å². The summed E-state index contributed by atoms with van der Waals surface area (Å²) in [6, 6.07) is 17.5. The maximum atomic E-state index is 13.8. The second kappa shape index (κ2) is 10.4. The van der Waals surface area contributed by atoms with E-state index in [4.69, 9.17) is 9.47 Å². The van der Waals surface area contributed by atoms with E-state index >= 15 is 0 Å². The van der Waals surface area contributed by atoms with Crippen molar-refractivity contribution in [1.82, 2.24) is 0 Å². The third-order valence-corrected chi connectivity index (χ3v) is 7.24.